The summed E-state index contributed by atoms with van der Waals surface area (Å²) in [5, 5.41) is 9.28. The molecule has 1 heterocycles. The lowest BCUT2D eigenvalue weighted by Gasteiger charge is -2.16. The van der Waals surface area contributed by atoms with Crippen LogP contribution in [-0.4, -0.2) is 22.8 Å². The Balaban J connectivity index is 2.59. The first-order valence-corrected chi connectivity index (χ1v) is 6.55. The Morgan fingerprint density at radius 1 is 1.25 bits per heavy atom. The van der Waals surface area contributed by atoms with E-state index in [9.17, 15) is 9.90 Å². The predicted molar refractivity (Wildman–Crippen MR) is 78.5 cm³/mol. The molecule has 0 aliphatic rings. The maximum atomic E-state index is 11.3. The lowest BCUT2D eigenvalue weighted by Crippen LogP contribution is -2.06. The first-order valence-electron chi connectivity index (χ1n) is 6.55. The van der Waals surface area contributed by atoms with E-state index in [2.05, 4.69) is 0 Å². The number of rotatable bonds is 4. The number of nitrogens with zero attached hydrogens (tertiary/aromatic N) is 1. The van der Waals surface area contributed by atoms with Crippen LogP contribution in [0.1, 0.15) is 35.9 Å². The Hall–Kier alpha value is -2.23. The number of methoxy groups -OCH3 is 1. The van der Waals surface area contributed by atoms with E-state index in [0.29, 0.717) is 5.56 Å². The molecule has 0 aliphatic carbocycles. The highest BCUT2D eigenvalue weighted by Crippen LogP contribution is 2.30. The third-order valence-electron chi connectivity index (χ3n) is 3.42. The molecule has 0 spiro atoms. The van der Waals surface area contributed by atoms with E-state index in [-0.39, 0.29) is 6.04 Å². The highest BCUT2D eigenvalue weighted by Gasteiger charge is 2.19. The Morgan fingerprint density at radius 2 is 1.85 bits per heavy atom. The summed E-state index contributed by atoms with van der Waals surface area (Å²) in [6, 6.07) is 9.57. The smallest absolute Gasteiger partial charge is 0.337 e. The van der Waals surface area contributed by atoms with Gasteiger partial charge >= 0.3 is 5.97 Å². The maximum absolute atomic E-state index is 11.3. The third kappa shape index (κ3) is 2.41. The lowest BCUT2D eigenvalue weighted by molar-refractivity contribution is 0.0696. The fourth-order valence-corrected chi connectivity index (χ4v) is 2.49. The van der Waals surface area contributed by atoms with Gasteiger partial charge in [0.1, 0.15) is 5.75 Å². The fourth-order valence-electron chi connectivity index (χ4n) is 2.49. The highest BCUT2D eigenvalue weighted by molar-refractivity contribution is 5.91. The molecule has 1 aromatic carbocycles. The van der Waals surface area contributed by atoms with Crippen molar-refractivity contribution in [2.24, 2.45) is 0 Å². The second-order valence-electron chi connectivity index (χ2n) is 5.03. The van der Waals surface area contributed by atoms with Crippen LogP contribution in [0.25, 0.3) is 11.3 Å². The zero-order valence-corrected chi connectivity index (χ0v) is 12.2. The summed E-state index contributed by atoms with van der Waals surface area (Å²) in [6.45, 7) is 5.94. The van der Waals surface area contributed by atoms with Gasteiger partial charge in [-0.2, -0.15) is 0 Å². The van der Waals surface area contributed by atoms with Crippen LogP contribution >= 0.6 is 0 Å². The molecule has 1 aromatic heterocycles. The molecule has 0 fully saturated rings. The van der Waals surface area contributed by atoms with Crippen molar-refractivity contribution in [1.82, 2.24) is 4.57 Å². The quantitative estimate of drug-likeness (QED) is 0.923. The van der Waals surface area contributed by atoms with E-state index in [0.717, 1.165) is 22.7 Å². The molecule has 0 bridgehead atoms. The Morgan fingerprint density at radius 3 is 2.30 bits per heavy atom. The number of hydrogen-bond acceptors (Lipinski definition) is 2. The van der Waals surface area contributed by atoms with Gasteiger partial charge in [-0.1, -0.05) is 0 Å². The van der Waals surface area contributed by atoms with Crippen LogP contribution in [0, 0.1) is 6.92 Å². The summed E-state index contributed by atoms with van der Waals surface area (Å²) in [5.41, 5.74) is 3.02. The fraction of sp³-hybridized carbons (Fsp3) is 0.312. The van der Waals surface area contributed by atoms with Gasteiger partial charge in [-0.15, -0.1) is 0 Å². The van der Waals surface area contributed by atoms with Crippen LogP contribution in [0.15, 0.2) is 30.3 Å². The summed E-state index contributed by atoms with van der Waals surface area (Å²) < 4.78 is 7.20. The number of aromatic nitrogens is 1. The second kappa shape index (κ2) is 5.41. The molecule has 0 saturated heterocycles. The van der Waals surface area contributed by atoms with Crippen LogP contribution < -0.4 is 4.74 Å². The molecule has 0 radical (unpaired) electrons. The van der Waals surface area contributed by atoms with Crippen LogP contribution in [-0.2, 0) is 0 Å². The molecule has 2 rings (SSSR count). The van der Waals surface area contributed by atoms with E-state index >= 15 is 0 Å². The molecule has 0 unspecified atom stereocenters. The molecular weight excluding hydrogens is 254 g/mol. The normalized spacial score (nSPS) is 10.8. The first kappa shape index (κ1) is 14.2. The number of aromatic carboxylic acids is 1. The molecule has 20 heavy (non-hydrogen) atoms. The minimum atomic E-state index is -0.892. The zero-order valence-electron chi connectivity index (χ0n) is 12.2. The van der Waals surface area contributed by atoms with E-state index in [1.165, 1.54) is 0 Å². The van der Waals surface area contributed by atoms with Gasteiger partial charge in [-0.05, 0) is 56.7 Å². The molecule has 4 heteroatoms. The van der Waals surface area contributed by atoms with Gasteiger partial charge in [0, 0.05) is 17.4 Å². The first-order chi connectivity index (χ1) is 9.45. The molecule has 1 N–H and O–H groups in total. The van der Waals surface area contributed by atoms with E-state index < -0.39 is 5.97 Å². The number of hydrogen-bond donors (Lipinski definition) is 1. The predicted octanol–water partition coefficient (Wildman–Crippen LogP) is 3.75. The zero-order chi connectivity index (χ0) is 14.9. The SMILES string of the molecule is COc1ccc(-c2cc(C(=O)O)c(C)n2C(C)C)cc1. The van der Waals surface area contributed by atoms with Crippen molar-refractivity contribution < 1.29 is 14.6 Å². The standard InChI is InChI=1S/C16H19NO3/c1-10(2)17-11(3)14(16(18)19)9-15(17)12-5-7-13(20-4)8-6-12/h5-10H,1-4H3,(H,18,19). The van der Waals surface area contributed by atoms with Crippen molar-refractivity contribution >= 4 is 5.97 Å². The van der Waals surface area contributed by atoms with Gasteiger partial charge < -0.3 is 14.4 Å². The average molecular weight is 273 g/mol. The Kier molecular flexibility index (Phi) is 3.84. The van der Waals surface area contributed by atoms with Crippen LogP contribution in [0.5, 0.6) is 5.75 Å². The van der Waals surface area contributed by atoms with Gasteiger partial charge in [0.05, 0.1) is 12.7 Å². The molecule has 0 atom stereocenters. The van der Waals surface area contributed by atoms with Gasteiger partial charge in [-0.25, -0.2) is 4.79 Å². The van der Waals surface area contributed by atoms with Gasteiger partial charge in [0.25, 0.3) is 0 Å². The molecule has 106 valence electrons. The van der Waals surface area contributed by atoms with Crippen molar-refractivity contribution in [3.8, 4) is 17.0 Å². The summed E-state index contributed by atoms with van der Waals surface area (Å²) in [7, 11) is 1.62. The summed E-state index contributed by atoms with van der Waals surface area (Å²) in [6.07, 6.45) is 0. The summed E-state index contributed by atoms with van der Waals surface area (Å²) in [5.74, 6) is -0.108. The summed E-state index contributed by atoms with van der Waals surface area (Å²) >= 11 is 0. The number of carboxylic acid groups (broad SMARTS) is 1. The molecule has 0 amide bonds. The van der Waals surface area contributed by atoms with E-state index in [1.54, 1.807) is 13.2 Å². The minimum absolute atomic E-state index is 0.195. The third-order valence-corrected chi connectivity index (χ3v) is 3.42. The van der Waals surface area contributed by atoms with Crippen molar-refractivity contribution in [2.45, 2.75) is 26.8 Å². The number of carboxylic acids is 1. The van der Waals surface area contributed by atoms with Crippen molar-refractivity contribution in [2.75, 3.05) is 7.11 Å². The lowest BCUT2D eigenvalue weighted by atomic mass is 10.1. The molecular formula is C16H19NO3. The van der Waals surface area contributed by atoms with Gasteiger partial charge in [0.2, 0.25) is 0 Å². The largest absolute Gasteiger partial charge is 0.497 e. The van der Waals surface area contributed by atoms with Gasteiger partial charge in [0.15, 0.2) is 0 Å². The average Bonchev–Trinajstić information content (AvgIpc) is 2.76. The highest BCUT2D eigenvalue weighted by atomic mass is 16.5. The Bertz CT molecular complexity index is 624. The number of ether oxygens (including phenoxy) is 1. The molecule has 0 saturated carbocycles. The minimum Gasteiger partial charge on any atom is -0.497 e. The van der Waals surface area contributed by atoms with Gasteiger partial charge in [-0.3, -0.25) is 0 Å². The Labute approximate surface area is 118 Å². The molecule has 4 nitrogen and oxygen atoms in total. The van der Waals surface area contributed by atoms with Crippen molar-refractivity contribution in [3.05, 3.63) is 41.6 Å². The second-order valence-corrected chi connectivity index (χ2v) is 5.03. The van der Waals surface area contributed by atoms with Crippen LogP contribution in [0.3, 0.4) is 0 Å². The number of benzene rings is 1. The van der Waals surface area contributed by atoms with Crippen molar-refractivity contribution in [3.63, 3.8) is 0 Å². The topological polar surface area (TPSA) is 51.5 Å². The molecule has 0 aliphatic heterocycles. The van der Waals surface area contributed by atoms with Crippen LogP contribution in [0.2, 0.25) is 0 Å². The maximum Gasteiger partial charge on any atom is 0.337 e. The van der Waals surface area contributed by atoms with Crippen LogP contribution in [0.4, 0.5) is 0 Å². The molecule has 2 aromatic rings. The van der Waals surface area contributed by atoms with E-state index in [4.69, 9.17) is 4.74 Å². The van der Waals surface area contributed by atoms with E-state index in [1.807, 2.05) is 49.6 Å². The summed E-state index contributed by atoms with van der Waals surface area (Å²) in [4.78, 5) is 11.3. The monoisotopic (exact) mass is 273 g/mol. The number of carbonyl (C=O) groups is 1. The van der Waals surface area contributed by atoms with Crippen molar-refractivity contribution in [1.29, 1.82) is 0 Å².